The Morgan fingerprint density at radius 2 is 2.12 bits per heavy atom. The van der Waals surface area contributed by atoms with Gasteiger partial charge in [0.1, 0.15) is 10.8 Å². The lowest BCUT2D eigenvalue weighted by molar-refractivity contribution is -0.139. The van der Waals surface area contributed by atoms with E-state index in [9.17, 15) is 9.59 Å². The molecule has 25 heavy (non-hydrogen) atoms. The molecule has 134 valence electrons. The molecule has 0 bridgehead atoms. The lowest BCUT2D eigenvalue weighted by atomic mass is 9.69. The Bertz CT molecular complexity index is 787. The Morgan fingerprint density at radius 3 is 2.76 bits per heavy atom. The van der Waals surface area contributed by atoms with Crippen molar-refractivity contribution in [2.45, 2.75) is 38.0 Å². The highest BCUT2D eigenvalue weighted by atomic mass is 35.5. The first-order valence-electron chi connectivity index (χ1n) is 8.07. The molecule has 4 nitrogen and oxygen atoms in total. The van der Waals surface area contributed by atoms with E-state index < -0.39 is 12.6 Å². The normalized spacial score (nSPS) is 24.6. The highest BCUT2D eigenvalue weighted by Gasteiger charge is 2.51. The molecule has 0 aromatic heterocycles. The molecule has 1 unspecified atom stereocenters. The number of benzene rings is 1. The number of carbonyl (C=O) groups excluding carboxylic acids is 1. The van der Waals surface area contributed by atoms with Gasteiger partial charge in [0, 0.05) is 17.4 Å². The average Bonchev–Trinajstić information content (AvgIpc) is 2.79. The summed E-state index contributed by atoms with van der Waals surface area (Å²) in [5, 5.41) is 8.83. The Morgan fingerprint density at radius 1 is 1.40 bits per heavy atom. The number of ether oxygens (including phenoxy) is 1. The van der Waals surface area contributed by atoms with Crippen molar-refractivity contribution in [3.63, 3.8) is 0 Å². The number of aliphatic carboxylic acids is 1. The van der Waals surface area contributed by atoms with Crippen LogP contribution in [0.2, 0.25) is 10.0 Å². The molecule has 2 aliphatic carbocycles. The molecule has 0 fully saturated rings. The highest BCUT2D eigenvalue weighted by molar-refractivity contribution is 6.44. The standard InChI is InChI=1S/C18H17Cl3O4/c1-2-4-18-5-3-9(22)6-11(18)14-10(17(18)21)7-12(15(19)16(14)20)25-8-13(23)24/h6-7,17H,2-5,8H2,1H3,(H,23,24)/t17?,18-/m1/s1. The van der Waals surface area contributed by atoms with E-state index in [0.717, 1.165) is 24.0 Å². The number of fused-ring (bicyclic) bond motifs is 3. The maximum Gasteiger partial charge on any atom is 0.341 e. The fourth-order valence-electron chi connectivity index (χ4n) is 3.91. The van der Waals surface area contributed by atoms with Crippen LogP contribution in [-0.2, 0) is 9.59 Å². The molecular formula is C18H17Cl3O4. The van der Waals surface area contributed by atoms with Crippen molar-refractivity contribution in [1.29, 1.82) is 0 Å². The van der Waals surface area contributed by atoms with Crippen LogP contribution in [0.15, 0.2) is 12.1 Å². The van der Waals surface area contributed by atoms with Crippen molar-refractivity contribution in [1.82, 2.24) is 0 Å². The monoisotopic (exact) mass is 402 g/mol. The van der Waals surface area contributed by atoms with Crippen molar-refractivity contribution in [2.75, 3.05) is 6.61 Å². The van der Waals surface area contributed by atoms with Crippen LogP contribution in [-0.4, -0.2) is 23.5 Å². The van der Waals surface area contributed by atoms with Crippen LogP contribution in [0.25, 0.3) is 5.57 Å². The van der Waals surface area contributed by atoms with Crippen LogP contribution in [0.1, 0.15) is 49.1 Å². The van der Waals surface area contributed by atoms with E-state index >= 15 is 0 Å². The van der Waals surface area contributed by atoms with Crippen LogP contribution >= 0.6 is 34.8 Å². The Kier molecular flexibility index (Phi) is 5.06. The summed E-state index contributed by atoms with van der Waals surface area (Å²) in [6.07, 6.45) is 4.49. The van der Waals surface area contributed by atoms with Crippen molar-refractivity contribution < 1.29 is 19.4 Å². The minimum Gasteiger partial charge on any atom is -0.480 e. The van der Waals surface area contributed by atoms with E-state index in [1.54, 1.807) is 12.1 Å². The van der Waals surface area contributed by atoms with Crippen molar-refractivity contribution in [3.8, 4) is 5.75 Å². The van der Waals surface area contributed by atoms with Gasteiger partial charge in [-0.2, -0.15) is 0 Å². The molecule has 7 heteroatoms. The number of carbonyl (C=O) groups is 2. The fourth-order valence-corrected chi connectivity index (χ4v) is 4.93. The number of ketones is 1. The number of carboxylic acid groups (broad SMARTS) is 1. The molecule has 0 heterocycles. The molecule has 3 rings (SSSR count). The predicted octanol–water partition coefficient (Wildman–Crippen LogP) is 5.28. The Labute approximate surface area is 160 Å². The van der Waals surface area contributed by atoms with E-state index in [2.05, 4.69) is 6.92 Å². The maximum absolute atomic E-state index is 12.0. The van der Waals surface area contributed by atoms with Crippen LogP contribution in [0.5, 0.6) is 5.75 Å². The molecule has 1 N–H and O–H groups in total. The number of hydrogen-bond acceptors (Lipinski definition) is 3. The van der Waals surface area contributed by atoms with Crippen LogP contribution in [0, 0.1) is 5.41 Å². The topological polar surface area (TPSA) is 63.6 Å². The number of alkyl halides is 1. The molecule has 0 radical (unpaired) electrons. The summed E-state index contributed by atoms with van der Waals surface area (Å²) in [4.78, 5) is 22.8. The largest absolute Gasteiger partial charge is 0.480 e. The van der Waals surface area contributed by atoms with Gasteiger partial charge in [-0.05, 0) is 36.1 Å². The van der Waals surface area contributed by atoms with Crippen LogP contribution < -0.4 is 4.74 Å². The zero-order valence-corrected chi connectivity index (χ0v) is 15.8. The van der Waals surface area contributed by atoms with Gasteiger partial charge in [0.05, 0.1) is 10.4 Å². The zero-order valence-electron chi connectivity index (χ0n) is 13.6. The van der Waals surface area contributed by atoms with E-state index in [-0.39, 0.29) is 32.4 Å². The fraction of sp³-hybridized carbons (Fsp3) is 0.444. The molecule has 2 aliphatic rings. The van der Waals surface area contributed by atoms with Crippen molar-refractivity contribution >= 4 is 52.1 Å². The number of hydrogen-bond donors (Lipinski definition) is 1. The molecule has 1 aromatic rings. The Hall–Kier alpha value is -1.23. The first-order chi connectivity index (χ1) is 11.8. The molecule has 0 saturated heterocycles. The second-order valence-electron chi connectivity index (χ2n) is 6.44. The summed E-state index contributed by atoms with van der Waals surface area (Å²) < 4.78 is 5.26. The molecular weight excluding hydrogens is 387 g/mol. The molecule has 0 aliphatic heterocycles. The van der Waals surface area contributed by atoms with E-state index in [1.807, 2.05) is 0 Å². The minimum atomic E-state index is -1.11. The third kappa shape index (κ3) is 2.94. The van der Waals surface area contributed by atoms with E-state index in [1.165, 1.54) is 0 Å². The third-order valence-electron chi connectivity index (χ3n) is 4.94. The van der Waals surface area contributed by atoms with Gasteiger partial charge >= 0.3 is 5.97 Å². The molecule has 0 spiro atoms. The number of halogens is 3. The van der Waals surface area contributed by atoms with Crippen molar-refractivity contribution in [3.05, 3.63) is 33.3 Å². The van der Waals surface area contributed by atoms with Crippen LogP contribution in [0.4, 0.5) is 0 Å². The summed E-state index contributed by atoms with van der Waals surface area (Å²) in [6.45, 7) is 1.55. The Balaban J connectivity index is 2.17. The van der Waals surface area contributed by atoms with Gasteiger partial charge in [0.25, 0.3) is 0 Å². The minimum absolute atomic E-state index is 0.0526. The lowest BCUT2D eigenvalue weighted by Crippen LogP contribution is -2.27. The maximum atomic E-state index is 12.0. The van der Waals surface area contributed by atoms with Gasteiger partial charge in [0.2, 0.25) is 0 Å². The van der Waals surface area contributed by atoms with Gasteiger partial charge < -0.3 is 9.84 Å². The lowest BCUT2D eigenvalue weighted by Gasteiger charge is -2.36. The average molecular weight is 404 g/mol. The second-order valence-corrected chi connectivity index (χ2v) is 7.63. The second kappa shape index (κ2) is 6.82. The van der Waals surface area contributed by atoms with Gasteiger partial charge in [0.15, 0.2) is 12.4 Å². The summed E-state index contributed by atoms with van der Waals surface area (Å²) in [7, 11) is 0. The predicted molar refractivity (Wildman–Crippen MR) is 97.7 cm³/mol. The first kappa shape index (κ1) is 18.6. The molecule has 0 amide bonds. The summed E-state index contributed by atoms with van der Waals surface area (Å²) >= 11 is 19.6. The van der Waals surface area contributed by atoms with Gasteiger partial charge in [-0.25, -0.2) is 4.79 Å². The van der Waals surface area contributed by atoms with Gasteiger partial charge in [-0.1, -0.05) is 36.5 Å². The quantitative estimate of drug-likeness (QED) is 0.679. The van der Waals surface area contributed by atoms with Gasteiger partial charge in [-0.3, -0.25) is 4.79 Å². The van der Waals surface area contributed by atoms with E-state index in [0.29, 0.717) is 18.4 Å². The summed E-state index contributed by atoms with van der Waals surface area (Å²) in [5.41, 5.74) is 1.92. The summed E-state index contributed by atoms with van der Waals surface area (Å²) in [5.74, 6) is -0.868. The number of allylic oxidation sites excluding steroid dienone is 2. The number of rotatable bonds is 5. The third-order valence-corrected chi connectivity index (χ3v) is 6.44. The molecule has 2 atom stereocenters. The molecule has 1 aromatic carbocycles. The number of carboxylic acids is 1. The smallest absolute Gasteiger partial charge is 0.341 e. The SMILES string of the molecule is CCC[C@@]12CCC(=O)C=C1c1c(cc(OCC(=O)O)c(Cl)c1Cl)C2Cl. The highest BCUT2D eigenvalue weighted by Crippen LogP contribution is 2.65. The summed E-state index contributed by atoms with van der Waals surface area (Å²) in [6, 6.07) is 1.66. The first-order valence-corrected chi connectivity index (χ1v) is 9.27. The van der Waals surface area contributed by atoms with E-state index in [4.69, 9.17) is 44.6 Å². The van der Waals surface area contributed by atoms with Crippen molar-refractivity contribution in [2.24, 2.45) is 5.41 Å². The van der Waals surface area contributed by atoms with Gasteiger partial charge in [-0.15, -0.1) is 11.6 Å². The zero-order chi connectivity index (χ0) is 18.4. The van der Waals surface area contributed by atoms with Crippen LogP contribution in [0.3, 0.4) is 0 Å². The molecule has 0 saturated carbocycles.